The summed E-state index contributed by atoms with van der Waals surface area (Å²) < 4.78 is 2.61. The maximum Gasteiger partial charge on any atom is 0.331 e. The third kappa shape index (κ3) is 1.73. The fourth-order valence-electron chi connectivity index (χ4n) is 2.01. The highest BCUT2D eigenvalue weighted by Crippen LogP contribution is 2.15. The molecular weight excluding hydrogens is 232 g/mol. The Kier molecular flexibility index (Phi) is 3.06. The lowest BCUT2D eigenvalue weighted by Gasteiger charge is -2.11. The van der Waals surface area contributed by atoms with Gasteiger partial charge in [-0.25, -0.2) is 4.79 Å². The Morgan fingerprint density at radius 3 is 2.67 bits per heavy atom. The second-order valence-electron chi connectivity index (χ2n) is 3.93. The molecule has 0 atom stereocenters. The van der Waals surface area contributed by atoms with Crippen LogP contribution in [0.15, 0.2) is 40.4 Å². The van der Waals surface area contributed by atoms with Gasteiger partial charge in [-0.15, -0.1) is 6.58 Å². The monoisotopic (exact) mass is 246 g/mol. The molecule has 0 amide bonds. The maximum absolute atomic E-state index is 12.2. The summed E-state index contributed by atoms with van der Waals surface area (Å²) in [5.41, 5.74) is -0.235. The molecule has 5 nitrogen and oxygen atoms in total. The fraction of sp³-hybridized carbons (Fsp3) is 0.231. The zero-order chi connectivity index (χ0) is 13.3. The SMILES string of the molecule is C=CCn1c(=O)c2cc(O)ccc2n(CC)c1=O. The minimum absolute atomic E-state index is 0.00561. The minimum Gasteiger partial charge on any atom is -0.508 e. The van der Waals surface area contributed by atoms with Crippen molar-refractivity contribution in [3.05, 3.63) is 51.7 Å². The van der Waals surface area contributed by atoms with E-state index in [0.717, 1.165) is 4.57 Å². The lowest BCUT2D eigenvalue weighted by Crippen LogP contribution is -2.39. The number of allylic oxidation sites excluding steroid dienone is 1. The first-order chi connectivity index (χ1) is 8.60. The van der Waals surface area contributed by atoms with Crippen LogP contribution in [0, 0.1) is 0 Å². The van der Waals surface area contributed by atoms with Crippen LogP contribution in [0.5, 0.6) is 5.75 Å². The first-order valence-corrected chi connectivity index (χ1v) is 5.67. The van der Waals surface area contributed by atoms with Crippen LogP contribution >= 0.6 is 0 Å². The van der Waals surface area contributed by atoms with Gasteiger partial charge in [-0.05, 0) is 25.1 Å². The number of fused-ring (bicyclic) bond motifs is 1. The molecule has 0 radical (unpaired) electrons. The Morgan fingerprint density at radius 1 is 1.33 bits per heavy atom. The van der Waals surface area contributed by atoms with Crippen LogP contribution in [0.2, 0.25) is 0 Å². The number of hydrogen-bond acceptors (Lipinski definition) is 3. The number of hydrogen-bond donors (Lipinski definition) is 1. The molecule has 0 aliphatic carbocycles. The van der Waals surface area contributed by atoms with Crippen molar-refractivity contribution in [3.8, 4) is 5.75 Å². The van der Waals surface area contributed by atoms with E-state index < -0.39 is 5.56 Å². The Balaban J connectivity index is 3.01. The number of benzene rings is 1. The van der Waals surface area contributed by atoms with E-state index >= 15 is 0 Å². The molecule has 0 spiro atoms. The van der Waals surface area contributed by atoms with Crippen LogP contribution in [0.25, 0.3) is 10.9 Å². The number of aryl methyl sites for hydroxylation is 1. The normalized spacial score (nSPS) is 10.7. The van der Waals surface area contributed by atoms with Crippen LogP contribution in [-0.2, 0) is 13.1 Å². The molecule has 0 aliphatic rings. The zero-order valence-electron chi connectivity index (χ0n) is 10.1. The summed E-state index contributed by atoms with van der Waals surface area (Å²) in [5, 5.41) is 9.78. The van der Waals surface area contributed by atoms with Gasteiger partial charge < -0.3 is 5.11 Å². The van der Waals surface area contributed by atoms with Gasteiger partial charge in [-0.3, -0.25) is 13.9 Å². The number of phenolic OH excluding ortho intramolecular Hbond substituents is 1. The molecule has 1 heterocycles. The van der Waals surface area contributed by atoms with Gasteiger partial charge >= 0.3 is 5.69 Å². The van der Waals surface area contributed by atoms with E-state index in [9.17, 15) is 14.7 Å². The van der Waals surface area contributed by atoms with Crippen molar-refractivity contribution in [2.45, 2.75) is 20.0 Å². The number of nitrogens with zero attached hydrogens (tertiary/aromatic N) is 2. The summed E-state index contributed by atoms with van der Waals surface area (Å²) in [4.78, 5) is 24.3. The van der Waals surface area contributed by atoms with Crippen LogP contribution < -0.4 is 11.2 Å². The Bertz CT molecular complexity index is 725. The third-order valence-corrected chi connectivity index (χ3v) is 2.84. The summed E-state index contributed by atoms with van der Waals surface area (Å²) >= 11 is 0. The average molecular weight is 246 g/mol. The first-order valence-electron chi connectivity index (χ1n) is 5.67. The lowest BCUT2D eigenvalue weighted by molar-refractivity contribution is 0.476. The quantitative estimate of drug-likeness (QED) is 0.824. The summed E-state index contributed by atoms with van der Waals surface area (Å²) in [6, 6.07) is 4.42. The number of aromatic hydroxyl groups is 1. The van der Waals surface area contributed by atoms with Gasteiger partial charge in [-0.2, -0.15) is 0 Å². The molecule has 0 saturated heterocycles. The van der Waals surface area contributed by atoms with E-state index in [0.29, 0.717) is 17.4 Å². The molecule has 94 valence electrons. The van der Waals surface area contributed by atoms with Crippen LogP contribution in [-0.4, -0.2) is 14.2 Å². The molecule has 2 rings (SSSR count). The smallest absolute Gasteiger partial charge is 0.331 e. The van der Waals surface area contributed by atoms with Crippen molar-refractivity contribution in [1.82, 2.24) is 9.13 Å². The standard InChI is InChI=1S/C13H14N2O3/c1-3-7-15-12(17)10-8-9(16)5-6-11(10)14(4-2)13(15)18/h3,5-6,8,16H,1,4,7H2,2H3. The Hall–Kier alpha value is -2.30. The maximum atomic E-state index is 12.2. The molecule has 1 aromatic carbocycles. The molecule has 1 aromatic heterocycles. The summed E-state index contributed by atoms with van der Waals surface area (Å²) in [5.74, 6) is 0.00561. The van der Waals surface area contributed by atoms with E-state index in [1.165, 1.54) is 22.8 Å². The predicted octanol–water partition coefficient (Wildman–Crippen LogP) is 1.07. The summed E-state index contributed by atoms with van der Waals surface area (Å²) in [7, 11) is 0. The van der Waals surface area contributed by atoms with Crippen molar-refractivity contribution in [1.29, 1.82) is 0 Å². The van der Waals surface area contributed by atoms with Gasteiger partial charge in [0.15, 0.2) is 0 Å². The van der Waals surface area contributed by atoms with Gasteiger partial charge in [-0.1, -0.05) is 6.08 Å². The van der Waals surface area contributed by atoms with E-state index in [1.54, 1.807) is 6.07 Å². The topological polar surface area (TPSA) is 64.2 Å². The second kappa shape index (κ2) is 4.52. The van der Waals surface area contributed by atoms with Crippen LogP contribution in [0.1, 0.15) is 6.92 Å². The van der Waals surface area contributed by atoms with Crippen molar-refractivity contribution in [2.75, 3.05) is 0 Å². The summed E-state index contributed by atoms with van der Waals surface area (Å²) in [6.07, 6.45) is 1.50. The Labute approximate surface area is 103 Å². The van der Waals surface area contributed by atoms with Gasteiger partial charge in [0.1, 0.15) is 5.75 Å². The van der Waals surface area contributed by atoms with Crippen molar-refractivity contribution >= 4 is 10.9 Å². The second-order valence-corrected chi connectivity index (χ2v) is 3.93. The first kappa shape index (κ1) is 12.2. The van der Waals surface area contributed by atoms with Crippen molar-refractivity contribution in [3.63, 3.8) is 0 Å². The third-order valence-electron chi connectivity index (χ3n) is 2.84. The van der Waals surface area contributed by atoms with E-state index in [2.05, 4.69) is 6.58 Å². The molecule has 0 bridgehead atoms. The summed E-state index contributed by atoms with van der Waals surface area (Å²) in [6.45, 7) is 5.98. The highest BCUT2D eigenvalue weighted by molar-refractivity contribution is 5.79. The molecule has 5 heteroatoms. The molecule has 0 saturated carbocycles. The highest BCUT2D eigenvalue weighted by atomic mass is 16.3. The van der Waals surface area contributed by atoms with Crippen molar-refractivity contribution < 1.29 is 5.11 Å². The highest BCUT2D eigenvalue weighted by Gasteiger charge is 2.11. The van der Waals surface area contributed by atoms with E-state index in [-0.39, 0.29) is 18.0 Å². The molecule has 0 aliphatic heterocycles. The molecule has 18 heavy (non-hydrogen) atoms. The Morgan fingerprint density at radius 2 is 2.06 bits per heavy atom. The van der Waals surface area contributed by atoms with Crippen molar-refractivity contribution in [2.24, 2.45) is 0 Å². The molecule has 1 N–H and O–H groups in total. The van der Waals surface area contributed by atoms with Gasteiger partial charge in [0.25, 0.3) is 5.56 Å². The van der Waals surface area contributed by atoms with Crippen LogP contribution in [0.3, 0.4) is 0 Å². The molecular formula is C13H14N2O3. The number of phenols is 1. The number of aromatic nitrogens is 2. The van der Waals surface area contributed by atoms with Gasteiger partial charge in [0, 0.05) is 13.1 Å². The fourth-order valence-corrected chi connectivity index (χ4v) is 2.01. The molecule has 0 unspecified atom stereocenters. The largest absolute Gasteiger partial charge is 0.508 e. The van der Waals surface area contributed by atoms with E-state index in [4.69, 9.17) is 0 Å². The van der Waals surface area contributed by atoms with Gasteiger partial charge in [0.2, 0.25) is 0 Å². The predicted molar refractivity (Wildman–Crippen MR) is 70.0 cm³/mol. The number of rotatable bonds is 3. The van der Waals surface area contributed by atoms with E-state index in [1.807, 2.05) is 6.92 Å². The average Bonchev–Trinajstić information content (AvgIpc) is 2.36. The van der Waals surface area contributed by atoms with Crippen LogP contribution in [0.4, 0.5) is 0 Å². The lowest BCUT2D eigenvalue weighted by atomic mass is 10.2. The molecule has 0 fully saturated rings. The zero-order valence-corrected chi connectivity index (χ0v) is 10.1. The minimum atomic E-state index is -0.407. The molecule has 2 aromatic rings. The van der Waals surface area contributed by atoms with Gasteiger partial charge in [0.05, 0.1) is 10.9 Å².